The fourth-order valence-electron chi connectivity index (χ4n) is 0.297. The molecule has 0 aromatic heterocycles. The maximum absolute atomic E-state index is 10.1. The highest BCUT2D eigenvalue weighted by Crippen LogP contribution is 1.82. The van der Waals surface area contributed by atoms with Gasteiger partial charge in [-0.3, -0.25) is 0 Å². The summed E-state index contributed by atoms with van der Waals surface area (Å²) in [6.07, 6.45) is -0.926. The molecule has 0 aliphatic rings. The van der Waals surface area contributed by atoms with Crippen LogP contribution in [0.25, 0.3) is 0 Å². The molecular formula is C5H11O3. The van der Waals surface area contributed by atoms with Crippen molar-refractivity contribution in [1.82, 2.24) is 0 Å². The quantitative estimate of drug-likeness (QED) is 0.397. The average molecular weight is 119 g/mol. The van der Waals surface area contributed by atoms with Gasteiger partial charge in [-0.2, -0.15) is 0 Å². The zero-order chi connectivity index (χ0) is 6.41. The van der Waals surface area contributed by atoms with Gasteiger partial charge < -0.3 is 9.47 Å². The summed E-state index contributed by atoms with van der Waals surface area (Å²) in [5, 5.41) is 10.1. The van der Waals surface area contributed by atoms with Gasteiger partial charge in [-0.25, -0.2) is 5.11 Å². The van der Waals surface area contributed by atoms with Gasteiger partial charge in [-0.15, -0.1) is 0 Å². The van der Waals surface area contributed by atoms with E-state index in [4.69, 9.17) is 0 Å². The van der Waals surface area contributed by atoms with Crippen LogP contribution in [0.15, 0.2) is 0 Å². The fourth-order valence-corrected chi connectivity index (χ4v) is 0.297. The van der Waals surface area contributed by atoms with Crippen molar-refractivity contribution in [2.24, 2.45) is 0 Å². The lowest BCUT2D eigenvalue weighted by atomic mass is 10.7. The van der Waals surface area contributed by atoms with Crippen molar-refractivity contribution in [2.45, 2.75) is 13.2 Å². The third kappa shape index (κ3) is 5.88. The molecule has 49 valence electrons. The van der Waals surface area contributed by atoms with Crippen LogP contribution in [-0.2, 0) is 14.6 Å². The van der Waals surface area contributed by atoms with Crippen molar-refractivity contribution >= 4 is 0 Å². The van der Waals surface area contributed by atoms with E-state index in [1.54, 1.807) is 7.11 Å². The third-order valence-corrected chi connectivity index (χ3v) is 0.640. The van der Waals surface area contributed by atoms with E-state index in [1.807, 2.05) is 0 Å². The Balaban J connectivity index is 2.72. The summed E-state index contributed by atoms with van der Waals surface area (Å²) in [5.74, 6) is 0. The van der Waals surface area contributed by atoms with Gasteiger partial charge >= 0.3 is 0 Å². The second-order valence-corrected chi connectivity index (χ2v) is 1.43. The molecule has 0 saturated heterocycles. The van der Waals surface area contributed by atoms with Gasteiger partial charge in [-0.05, 0) is 6.92 Å². The minimum atomic E-state index is -0.926. The molecule has 0 aromatic carbocycles. The molecule has 0 N–H and O–H groups in total. The maximum Gasteiger partial charge on any atom is 0.188 e. The van der Waals surface area contributed by atoms with Crippen molar-refractivity contribution < 1.29 is 14.6 Å². The molecule has 0 bridgehead atoms. The van der Waals surface area contributed by atoms with Crippen LogP contribution < -0.4 is 0 Å². The first-order chi connectivity index (χ1) is 3.77. The normalized spacial score (nSPS) is 13.9. The minimum Gasteiger partial charge on any atom is -0.382 e. The molecule has 1 atom stereocenters. The second kappa shape index (κ2) is 5.03. The highest BCUT2D eigenvalue weighted by atomic mass is 16.6. The molecule has 0 spiro atoms. The van der Waals surface area contributed by atoms with E-state index < -0.39 is 6.29 Å². The second-order valence-electron chi connectivity index (χ2n) is 1.43. The van der Waals surface area contributed by atoms with Gasteiger partial charge in [-0.1, -0.05) is 0 Å². The van der Waals surface area contributed by atoms with Crippen molar-refractivity contribution in [2.75, 3.05) is 20.3 Å². The zero-order valence-electron chi connectivity index (χ0n) is 5.22. The fraction of sp³-hybridized carbons (Fsp3) is 1.00. The topological polar surface area (TPSA) is 38.4 Å². The third-order valence-electron chi connectivity index (χ3n) is 0.640. The summed E-state index contributed by atoms with van der Waals surface area (Å²) >= 11 is 0. The number of hydrogen-bond donors (Lipinski definition) is 0. The van der Waals surface area contributed by atoms with Crippen LogP contribution in [0.4, 0.5) is 0 Å². The van der Waals surface area contributed by atoms with Crippen LogP contribution in [0, 0.1) is 0 Å². The van der Waals surface area contributed by atoms with Gasteiger partial charge in [0.15, 0.2) is 6.29 Å². The maximum atomic E-state index is 10.1. The summed E-state index contributed by atoms with van der Waals surface area (Å²) in [6, 6.07) is 0. The molecule has 0 fully saturated rings. The zero-order valence-corrected chi connectivity index (χ0v) is 5.22. The predicted octanol–water partition coefficient (Wildman–Crippen LogP) is 0.426. The summed E-state index contributed by atoms with van der Waals surface area (Å²) in [4.78, 5) is 0. The number of ether oxygens (including phenoxy) is 2. The molecule has 0 saturated carbocycles. The first-order valence-electron chi connectivity index (χ1n) is 2.53. The summed E-state index contributed by atoms with van der Waals surface area (Å²) < 4.78 is 9.23. The van der Waals surface area contributed by atoms with Crippen molar-refractivity contribution in [3.05, 3.63) is 0 Å². The van der Waals surface area contributed by atoms with Crippen LogP contribution in [0.1, 0.15) is 6.92 Å². The van der Waals surface area contributed by atoms with Crippen molar-refractivity contribution in [1.29, 1.82) is 0 Å². The van der Waals surface area contributed by atoms with Crippen LogP contribution in [0.2, 0.25) is 0 Å². The summed E-state index contributed by atoms with van der Waals surface area (Å²) in [5.41, 5.74) is 0. The van der Waals surface area contributed by atoms with Gasteiger partial charge in [0.25, 0.3) is 0 Å². The Morgan fingerprint density at radius 2 is 2.12 bits per heavy atom. The Bertz CT molecular complexity index is 44.9. The van der Waals surface area contributed by atoms with Crippen LogP contribution in [0.3, 0.4) is 0 Å². The SMILES string of the molecule is COCCOC(C)[O]. The number of rotatable bonds is 4. The minimum absolute atomic E-state index is 0.390. The smallest absolute Gasteiger partial charge is 0.188 e. The molecule has 8 heavy (non-hydrogen) atoms. The molecule has 3 nitrogen and oxygen atoms in total. The Morgan fingerprint density at radius 1 is 1.50 bits per heavy atom. The molecule has 0 rings (SSSR count). The predicted molar refractivity (Wildman–Crippen MR) is 28.0 cm³/mol. The van der Waals surface area contributed by atoms with Crippen LogP contribution in [0.5, 0.6) is 0 Å². The van der Waals surface area contributed by atoms with Gasteiger partial charge in [0, 0.05) is 7.11 Å². The first-order valence-corrected chi connectivity index (χ1v) is 2.53. The Morgan fingerprint density at radius 3 is 2.50 bits per heavy atom. The van der Waals surface area contributed by atoms with Gasteiger partial charge in [0.2, 0.25) is 0 Å². The van der Waals surface area contributed by atoms with Gasteiger partial charge in [0.1, 0.15) is 0 Å². The molecule has 1 unspecified atom stereocenters. The Hall–Kier alpha value is -0.120. The molecule has 0 amide bonds. The van der Waals surface area contributed by atoms with E-state index in [-0.39, 0.29) is 0 Å². The van der Waals surface area contributed by atoms with E-state index in [9.17, 15) is 5.11 Å². The van der Waals surface area contributed by atoms with Crippen LogP contribution >= 0.6 is 0 Å². The molecular weight excluding hydrogens is 108 g/mol. The molecule has 3 heteroatoms. The average Bonchev–Trinajstić information content (AvgIpc) is 1.66. The Kier molecular flexibility index (Phi) is 4.95. The standard InChI is InChI=1S/C5H11O3/c1-5(6)8-4-3-7-2/h5H,3-4H2,1-2H3. The van der Waals surface area contributed by atoms with Crippen molar-refractivity contribution in [3.8, 4) is 0 Å². The van der Waals surface area contributed by atoms with E-state index in [0.29, 0.717) is 13.2 Å². The number of methoxy groups -OCH3 is 1. The molecule has 1 radical (unpaired) electrons. The summed E-state index contributed by atoms with van der Waals surface area (Å²) in [6.45, 7) is 2.34. The molecule has 0 aromatic rings. The number of hydrogen-bond acceptors (Lipinski definition) is 2. The van der Waals surface area contributed by atoms with E-state index in [2.05, 4.69) is 9.47 Å². The molecule has 0 aliphatic carbocycles. The lowest BCUT2D eigenvalue weighted by Gasteiger charge is -2.01. The molecule has 0 heterocycles. The molecule has 0 aliphatic heterocycles. The Labute approximate surface area is 49.2 Å². The highest BCUT2D eigenvalue weighted by Gasteiger charge is 1.93. The van der Waals surface area contributed by atoms with Gasteiger partial charge in [0.05, 0.1) is 13.2 Å². The van der Waals surface area contributed by atoms with Crippen LogP contribution in [-0.4, -0.2) is 26.6 Å². The monoisotopic (exact) mass is 119 g/mol. The largest absolute Gasteiger partial charge is 0.382 e. The lowest BCUT2D eigenvalue weighted by molar-refractivity contribution is -0.134. The van der Waals surface area contributed by atoms with E-state index in [1.165, 1.54) is 6.92 Å². The lowest BCUT2D eigenvalue weighted by Crippen LogP contribution is -2.09. The summed E-state index contributed by atoms with van der Waals surface area (Å²) in [7, 11) is 1.57. The van der Waals surface area contributed by atoms with E-state index >= 15 is 0 Å². The van der Waals surface area contributed by atoms with Crippen molar-refractivity contribution in [3.63, 3.8) is 0 Å². The first kappa shape index (κ1) is 7.88. The van der Waals surface area contributed by atoms with E-state index in [0.717, 1.165) is 0 Å². The highest BCUT2D eigenvalue weighted by molar-refractivity contribution is 4.26.